The molecule has 3 rings (SSSR count). The van der Waals surface area contributed by atoms with Crippen molar-refractivity contribution in [3.8, 4) is 5.75 Å². The molecular weight excluding hydrogens is 390 g/mol. The summed E-state index contributed by atoms with van der Waals surface area (Å²) in [6.45, 7) is 0.806. The molecule has 2 aromatic carbocycles. The lowest BCUT2D eigenvalue weighted by atomic mass is 10.0. The van der Waals surface area contributed by atoms with Gasteiger partial charge in [0.2, 0.25) is 11.8 Å². The number of amides is 2. The first kappa shape index (κ1) is 20.9. The van der Waals surface area contributed by atoms with Crippen molar-refractivity contribution in [2.75, 3.05) is 20.2 Å². The number of halogens is 1. The van der Waals surface area contributed by atoms with Crippen LogP contribution in [0.2, 0.25) is 5.02 Å². The number of rotatable bonds is 8. The molecule has 0 atom stereocenters. The molecular formula is C22H24ClN3O3. The summed E-state index contributed by atoms with van der Waals surface area (Å²) in [5, 5.41) is 9.44. The summed E-state index contributed by atoms with van der Waals surface area (Å²) in [6.07, 6.45) is 1.93. The van der Waals surface area contributed by atoms with E-state index in [0.29, 0.717) is 24.4 Å². The van der Waals surface area contributed by atoms with Crippen LogP contribution >= 0.6 is 11.6 Å². The van der Waals surface area contributed by atoms with E-state index in [0.717, 1.165) is 29.0 Å². The SMILES string of the molecule is COc1ccc(C2=NN(CCC(=O)NCCc3ccc(Cl)cc3)C(=O)CC2)cc1. The summed E-state index contributed by atoms with van der Waals surface area (Å²) >= 11 is 5.87. The maximum atomic E-state index is 12.2. The molecule has 0 fully saturated rings. The average Bonchev–Trinajstić information content (AvgIpc) is 2.74. The minimum atomic E-state index is -0.0986. The minimum Gasteiger partial charge on any atom is -0.497 e. The Labute approximate surface area is 175 Å². The molecule has 2 aromatic rings. The highest BCUT2D eigenvalue weighted by Gasteiger charge is 2.21. The fourth-order valence-corrected chi connectivity index (χ4v) is 3.19. The van der Waals surface area contributed by atoms with E-state index in [4.69, 9.17) is 16.3 Å². The Morgan fingerprint density at radius 1 is 1.14 bits per heavy atom. The van der Waals surface area contributed by atoms with Gasteiger partial charge in [0.15, 0.2) is 0 Å². The molecule has 0 unspecified atom stereocenters. The van der Waals surface area contributed by atoms with Crippen molar-refractivity contribution in [1.82, 2.24) is 10.3 Å². The molecule has 0 aromatic heterocycles. The Hall–Kier alpha value is -2.86. The molecule has 1 heterocycles. The van der Waals surface area contributed by atoms with Crippen molar-refractivity contribution in [3.05, 3.63) is 64.7 Å². The quantitative estimate of drug-likeness (QED) is 0.720. The lowest BCUT2D eigenvalue weighted by Crippen LogP contribution is -2.35. The van der Waals surface area contributed by atoms with Crippen LogP contribution in [-0.4, -0.2) is 42.7 Å². The molecule has 0 radical (unpaired) electrons. The predicted octanol–water partition coefficient (Wildman–Crippen LogP) is 3.42. The van der Waals surface area contributed by atoms with E-state index in [1.165, 1.54) is 5.01 Å². The Balaban J connectivity index is 1.49. The second-order valence-corrected chi connectivity index (χ2v) is 7.20. The van der Waals surface area contributed by atoms with Gasteiger partial charge >= 0.3 is 0 Å². The fraction of sp³-hybridized carbons (Fsp3) is 0.318. The number of carbonyl (C=O) groups is 2. The lowest BCUT2D eigenvalue weighted by molar-refractivity contribution is -0.132. The number of benzene rings is 2. The van der Waals surface area contributed by atoms with E-state index in [1.54, 1.807) is 7.11 Å². The number of hydrogen-bond acceptors (Lipinski definition) is 4. The number of hydrogen-bond donors (Lipinski definition) is 1. The molecule has 0 spiro atoms. The number of nitrogens with one attached hydrogen (secondary N) is 1. The zero-order valence-electron chi connectivity index (χ0n) is 16.4. The van der Waals surface area contributed by atoms with Crippen LogP contribution < -0.4 is 10.1 Å². The topological polar surface area (TPSA) is 71.0 Å². The molecule has 0 saturated heterocycles. The summed E-state index contributed by atoms with van der Waals surface area (Å²) in [6, 6.07) is 15.1. The smallest absolute Gasteiger partial charge is 0.243 e. The number of methoxy groups -OCH3 is 1. The van der Waals surface area contributed by atoms with E-state index in [9.17, 15) is 9.59 Å². The van der Waals surface area contributed by atoms with Gasteiger partial charge in [-0.05, 0) is 53.9 Å². The van der Waals surface area contributed by atoms with E-state index in [1.807, 2.05) is 48.5 Å². The summed E-state index contributed by atoms with van der Waals surface area (Å²) in [5.41, 5.74) is 2.90. The summed E-state index contributed by atoms with van der Waals surface area (Å²) < 4.78 is 5.17. The predicted molar refractivity (Wildman–Crippen MR) is 113 cm³/mol. The van der Waals surface area contributed by atoms with Crippen LogP contribution in [-0.2, 0) is 16.0 Å². The average molecular weight is 414 g/mol. The normalized spacial score (nSPS) is 13.8. The van der Waals surface area contributed by atoms with Crippen molar-refractivity contribution < 1.29 is 14.3 Å². The zero-order valence-corrected chi connectivity index (χ0v) is 17.1. The van der Waals surface area contributed by atoms with Gasteiger partial charge in [0.1, 0.15) is 5.75 Å². The second kappa shape index (κ2) is 10.1. The van der Waals surface area contributed by atoms with E-state index in [-0.39, 0.29) is 24.8 Å². The molecule has 152 valence electrons. The van der Waals surface area contributed by atoms with Gasteiger partial charge in [-0.3, -0.25) is 9.59 Å². The van der Waals surface area contributed by atoms with Gasteiger partial charge in [0.25, 0.3) is 0 Å². The highest BCUT2D eigenvalue weighted by atomic mass is 35.5. The Kier molecular flexibility index (Phi) is 7.25. The highest BCUT2D eigenvalue weighted by molar-refractivity contribution is 6.30. The maximum Gasteiger partial charge on any atom is 0.243 e. The molecule has 1 N–H and O–H groups in total. The van der Waals surface area contributed by atoms with Gasteiger partial charge in [0.05, 0.1) is 19.4 Å². The molecule has 1 aliphatic heterocycles. The Morgan fingerprint density at radius 2 is 1.86 bits per heavy atom. The number of carbonyl (C=O) groups excluding carboxylic acids is 2. The fourth-order valence-electron chi connectivity index (χ4n) is 3.06. The van der Waals surface area contributed by atoms with Crippen molar-refractivity contribution in [1.29, 1.82) is 0 Å². The summed E-state index contributed by atoms with van der Waals surface area (Å²) in [4.78, 5) is 24.3. The van der Waals surface area contributed by atoms with Crippen LogP contribution in [0.15, 0.2) is 53.6 Å². The Bertz CT molecular complexity index is 879. The first-order valence-electron chi connectivity index (χ1n) is 9.58. The zero-order chi connectivity index (χ0) is 20.6. The van der Waals surface area contributed by atoms with Crippen LogP contribution in [0.1, 0.15) is 30.4 Å². The molecule has 7 heteroatoms. The molecule has 0 bridgehead atoms. The van der Waals surface area contributed by atoms with Crippen molar-refractivity contribution in [3.63, 3.8) is 0 Å². The lowest BCUT2D eigenvalue weighted by Gasteiger charge is -2.23. The highest BCUT2D eigenvalue weighted by Crippen LogP contribution is 2.18. The number of nitrogens with zero attached hydrogens (tertiary/aromatic N) is 2. The third-order valence-corrected chi connectivity index (χ3v) is 4.98. The van der Waals surface area contributed by atoms with E-state index in [2.05, 4.69) is 10.4 Å². The van der Waals surface area contributed by atoms with Crippen LogP contribution in [0, 0.1) is 0 Å². The summed E-state index contributed by atoms with van der Waals surface area (Å²) in [5.74, 6) is 0.614. The third-order valence-electron chi connectivity index (χ3n) is 4.73. The maximum absolute atomic E-state index is 12.2. The van der Waals surface area contributed by atoms with Gasteiger partial charge in [-0.2, -0.15) is 5.10 Å². The minimum absolute atomic E-state index is 0.0591. The largest absolute Gasteiger partial charge is 0.497 e. The number of ether oxygens (including phenoxy) is 1. The third kappa shape index (κ3) is 6.06. The number of hydrazone groups is 1. The van der Waals surface area contributed by atoms with Crippen LogP contribution in [0.4, 0.5) is 0 Å². The molecule has 2 amide bonds. The molecule has 0 saturated carbocycles. The van der Waals surface area contributed by atoms with E-state index >= 15 is 0 Å². The summed E-state index contributed by atoms with van der Waals surface area (Å²) in [7, 11) is 1.62. The van der Waals surface area contributed by atoms with Crippen molar-refractivity contribution in [2.24, 2.45) is 5.10 Å². The van der Waals surface area contributed by atoms with Gasteiger partial charge in [-0.25, -0.2) is 5.01 Å². The Morgan fingerprint density at radius 3 is 2.55 bits per heavy atom. The van der Waals surface area contributed by atoms with Crippen molar-refractivity contribution >= 4 is 29.1 Å². The van der Waals surface area contributed by atoms with Crippen LogP contribution in [0.25, 0.3) is 0 Å². The molecule has 1 aliphatic rings. The standard InChI is InChI=1S/C22H24ClN3O3/c1-29-19-8-4-17(5-9-19)20-10-11-22(28)26(25-20)15-13-21(27)24-14-12-16-2-6-18(23)7-3-16/h2-9H,10-15H2,1H3,(H,24,27). The molecule has 29 heavy (non-hydrogen) atoms. The van der Waals surface area contributed by atoms with Crippen LogP contribution in [0.3, 0.4) is 0 Å². The van der Waals surface area contributed by atoms with E-state index < -0.39 is 0 Å². The first-order chi connectivity index (χ1) is 14.0. The van der Waals surface area contributed by atoms with Crippen molar-refractivity contribution in [2.45, 2.75) is 25.7 Å². The van der Waals surface area contributed by atoms with Gasteiger partial charge < -0.3 is 10.1 Å². The second-order valence-electron chi connectivity index (χ2n) is 6.77. The van der Waals surface area contributed by atoms with Gasteiger partial charge in [-0.1, -0.05) is 23.7 Å². The molecule has 6 nitrogen and oxygen atoms in total. The van der Waals surface area contributed by atoms with Gasteiger partial charge in [-0.15, -0.1) is 0 Å². The first-order valence-corrected chi connectivity index (χ1v) is 9.96. The molecule has 0 aliphatic carbocycles. The monoisotopic (exact) mass is 413 g/mol. The van der Waals surface area contributed by atoms with Gasteiger partial charge in [0, 0.05) is 30.8 Å². The van der Waals surface area contributed by atoms with Crippen LogP contribution in [0.5, 0.6) is 5.75 Å².